The Labute approximate surface area is 109 Å². The van der Waals surface area contributed by atoms with Crippen molar-refractivity contribution in [3.63, 3.8) is 0 Å². The van der Waals surface area contributed by atoms with Crippen LogP contribution in [-0.4, -0.2) is 65.0 Å². The Balaban J connectivity index is 2.01. The van der Waals surface area contributed by atoms with Crippen LogP contribution in [0.15, 0.2) is 4.99 Å². The Hall–Kier alpha value is -0.840. The van der Waals surface area contributed by atoms with Gasteiger partial charge in [-0.3, -0.25) is 9.89 Å². The normalized spacial score (nSPS) is 20.5. The first-order valence-electron chi connectivity index (χ1n) is 6.63. The maximum Gasteiger partial charge on any atom is 0.203 e. The maximum absolute atomic E-state index is 5.55. The summed E-state index contributed by atoms with van der Waals surface area (Å²) in [4.78, 5) is 11.5. The van der Waals surface area contributed by atoms with Gasteiger partial charge in [-0.2, -0.15) is 0 Å². The molecule has 0 aromatic rings. The zero-order chi connectivity index (χ0) is 12.3. The molecule has 0 spiro atoms. The van der Waals surface area contributed by atoms with Crippen LogP contribution in [-0.2, 0) is 0 Å². The molecule has 0 aromatic heterocycles. The third kappa shape index (κ3) is 2.54. The summed E-state index contributed by atoms with van der Waals surface area (Å²) >= 11 is 5.55. The van der Waals surface area contributed by atoms with E-state index in [4.69, 9.17) is 12.2 Å². The van der Waals surface area contributed by atoms with Crippen LogP contribution in [0.4, 0.5) is 0 Å². The van der Waals surface area contributed by atoms with Crippen LogP contribution >= 0.6 is 12.2 Å². The van der Waals surface area contributed by atoms with Crippen molar-refractivity contribution >= 4 is 23.3 Å². The van der Waals surface area contributed by atoms with Gasteiger partial charge in [0.15, 0.2) is 5.11 Å². The molecule has 0 atom stereocenters. The second kappa shape index (κ2) is 5.67. The van der Waals surface area contributed by atoms with E-state index in [1.807, 2.05) is 0 Å². The summed E-state index contributed by atoms with van der Waals surface area (Å²) in [6.07, 6.45) is 2.32. The number of guanidine groups is 1. The second-order valence-corrected chi connectivity index (χ2v) is 4.96. The number of hydrogen-bond donors (Lipinski definition) is 0. The van der Waals surface area contributed by atoms with Gasteiger partial charge < -0.3 is 9.80 Å². The summed E-state index contributed by atoms with van der Waals surface area (Å²) in [5, 5.41) is 0.966. The first-order chi connectivity index (χ1) is 8.27. The molecule has 1 saturated heterocycles. The fourth-order valence-electron chi connectivity index (χ4n) is 2.45. The number of aliphatic imine (C=N–C) groups is 1. The van der Waals surface area contributed by atoms with Gasteiger partial charge >= 0.3 is 0 Å². The third-order valence-corrected chi connectivity index (χ3v) is 3.71. The minimum atomic E-state index is 0.919. The smallest absolute Gasteiger partial charge is 0.203 e. The molecular formula is C12H22N4S. The molecule has 4 nitrogen and oxygen atoms in total. The van der Waals surface area contributed by atoms with Crippen molar-refractivity contribution < 1.29 is 0 Å². The lowest BCUT2D eigenvalue weighted by Crippen LogP contribution is -2.44. The Morgan fingerprint density at radius 3 is 2.47 bits per heavy atom. The van der Waals surface area contributed by atoms with Crippen LogP contribution in [0.1, 0.15) is 26.7 Å². The van der Waals surface area contributed by atoms with Gasteiger partial charge in [0.1, 0.15) is 0 Å². The molecule has 0 unspecified atom stereocenters. The lowest BCUT2D eigenvalue weighted by atomic mass is 10.4. The van der Waals surface area contributed by atoms with Crippen LogP contribution < -0.4 is 0 Å². The Kier molecular flexibility index (Phi) is 4.20. The Morgan fingerprint density at radius 1 is 1.06 bits per heavy atom. The highest BCUT2D eigenvalue weighted by Crippen LogP contribution is 2.15. The van der Waals surface area contributed by atoms with Crippen molar-refractivity contribution in [2.45, 2.75) is 26.7 Å². The summed E-state index contributed by atoms with van der Waals surface area (Å²) in [6, 6.07) is 0. The number of rotatable bonds is 4. The van der Waals surface area contributed by atoms with Crippen LogP contribution in [0, 0.1) is 0 Å². The summed E-state index contributed by atoms with van der Waals surface area (Å²) in [5.41, 5.74) is 0. The lowest BCUT2D eigenvalue weighted by Gasteiger charge is -2.27. The van der Waals surface area contributed by atoms with E-state index in [0.29, 0.717) is 0 Å². The molecule has 96 valence electrons. The largest absolute Gasteiger partial charge is 0.347 e. The Morgan fingerprint density at radius 2 is 1.76 bits per heavy atom. The van der Waals surface area contributed by atoms with Crippen molar-refractivity contribution in [3.8, 4) is 0 Å². The van der Waals surface area contributed by atoms with Gasteiger partial charge in [0, 0.05) is 32.7 Å². The van der Waals surface area contributed by atoms with E-state index in [0.717, 1.165) is 63.2 Å². The molecule has 2 heterocycles. The molecule has 0 aliphatic carbocycles. The lowest BCUT2D eigenvalue weighted by molar-refractivity contribution is 0.415. The topological polar surface area (TPSA) is 22.1 Å². The fraction of sp³-hybridized carbons (Fsp3) is 0.833. The minimum absolute atomic E-state index is 0.919. The van der Waals surface area contributed by atoms with Gasteiger partial charge in [0.05, 0.1) is 6.54 Å². The molecule has 0 aromatic carbocycles. The van der Waals surface area contributed by atoms with Gasteiger partial charge in [0.2, 0.25) is 5.96 Å². The highest BCUT2D eigenvalue weighted by atomic mass is 32.1. The molecular weight excluding hydrogens is 232 g/mol. The third-order valence-electron chi connectivity index (χ3n) is 3.23. The summed E-state index contributed by atoms with van der Waals surface area (Å²) < 4.78 is 0. The van der Waals surface area contributed by atoms with E-state index in [1.54, 1.807) is 0 Å². The SMILES string of the molecule is CCCN1CCN(C2=NCCN2CCC)C1=S. The van der Waals surface area contributed by atoms with Gasteiger partial charge in [-0.05, 0) is 25.1 Å². The molecule has 2 aliphatic rings. The number of nitrogens with zero attached hydrogens (tertiary/aromatic N) is 4. The zero-order valence-electron chi connectivity index (χ0n) is 10.9. The summed E-state index contributed by atoms with van der Waals surface area (Å²) in [7, 11) is 0. The zero-order valence-corrected chi connectivity index (χ0v) is 11.7. The predicted octanol–water partition coefficient (Wildman–Crippen LogP) is 1.38. The summed E-state index contributed by atoms with van der Waals surface area (Å²) in [6.45, 7) is 10.6. The highest BCUT2D eigenvalue weighted by molar-refractivity contribution is 7.80. The van der Waals surface area contributed by atoms with Crippen LogP contribution in [0.25, 0.3) is 0 Å². The molecule has 2 rings (SSSR count). The molecule has 0 amide bonds. The molecule has 0 saturated carbocycles. The monoisotopic (exact) mass is 254 g/mol. The van der Waals surface area contributed by atoms with Crippen LogP contribution in [0.2, 0.25) is 0 Å². The quantitative estimate of drug-likeness (QED) is 0.707. The number of hydrogen-bond acceptors (Lipinski definition) is 3. The van der Waals surface area contributed by atoms with Crippen molar-refractivity contribution in [2.24, 2.45) is 4.99 Å². The van der Waals surface area contributed by atoms with Gasteiger partial charge in [-0.1, -0.05) is 13.8 Å². The van der Waals surface area contributed by atoms with Crippen LogP contribution in [0.5, 0.6) is 0 Å². The van der Waals surface area contributed by atoms with Crippen molar-refractivity contribution in [1.29, 1.82) is 0 Å². The van der Waals surface area contributed by atoms with Gasteiger partial charge in [0.25, 0.3) is 0 Å². The maximum atomic E-state index is 5.55. The molecule has 2 aliphatic heterocycles. The summed E-state index contributed by atoms with van der Waals surface area (Å²) in [5.74, 6) is 1.11. The predicted molar refractivity (Wildman–Crippen MR) is 75.3 cm³/mol. The first-order valence-corrected chi connectivity index (χ1v) is 7.04. The standard InChI is InChI=1S/C12H22N4S/c1-3-6-14-8-5-13-11(14)16-10-9-15(7-4-2)12(16)17/h3-10H2,1-2H3. The first kappa shape index (κ1) is 12.6. The van der Waals surface area contributed by atoms with Crippen molar-refractivity contribution in [1.82, 2.24) is 14.7 Å². The van der Waals surface area contributed by atoms with E-state index in [2.05, 4.69) is 33.5 Å². The highest BCUT2D eigenvalue weighted by Gasteiger charge is 2.31. The van der Waals surface area contributed by atoms with E-state index in [-0.39, 0.29) is 0 Å². The molecule has 0 bridgehead atoms. The van der Waals surface area contributed by atoms with Crippen molar-refractivity contribution in [2.75, 3.05) is 39.3 Å². The fourth-order valence-corrected chi connectivity index (χ4v) is 2.81. The minimum Gasteiger partial charge on any atom is -0.347 e. The Bertz CT molecular complexity index is 316. The molecule has 0 radical (unpaired) electrons. The van der Waals surface area contributed by atoms with Crippen LogP contribution in [0.3, 0.4) is 0 Å². The molecule has 0 N–H and O–H groups in total. The molecule has 17 heavy (non-hydrogen) atoms. The van der Waals surface area contributed by atoms with E-state index in [9.17, 15) is 0 Å². The molecule has 5 heteroatoms. The average Bonchev–Trinajstić information content (AvgIpc) is 2.89. The average molecular weight is 254 g/mol. The number of thiocarbonyl (C=S) groups is 1. The van der Waals surface area contributed by atoms with Gasteiger partial charge in [-0.25, -0.2) is 0 Å². The van der Waals surface area contributed by atoms with Crippen molar-refractivity contribution in [3.05, 3.63) is 0 Å². The van der Waals surface area contributed by atoms with Gasteiger partial charge in [-0.15, -0.1) is 0 Å². The van der Waals surface area contributed by atoms with E-state index in [1.165, 1.54) is 0 Å². The molecule has 1 fully saturated rings. The van der Waals surface area contributed by atoms with E-state index < -0.39 is 0 Å². The second-order valence-electron chi connectivity index (χ2n) is 4.59. The van der Waals surface area contributed by atoms with E-state index >= 15 is 0 Å².